The largest absolute Gasteiger partial charge is 0.474 e. The van der Waals surface area contributed by atoms with Gasteiger partial charge in [-0.25, -0.2) is 0 Å². The second kappa shape index (κ2) is 5.39. The van der Waals surface area contributed by atoms with Crippen LogP contribution in [0.25, 0.3) is 0 Å². The number of anilines is 1. The van der Waals surface area contributed by atoms with Gasteiger partial charge in [-0.1, -0.05) is 19.9 Å². The third kappa shape index (κ3) is 3.11. The van der Waals surface area contributed by atoms with Crippen LogP contribution in [0.5, 0.6) is 5.88 Å². The van der Waals surface area contributed by atoms with Crippen molar-refractivity contribution in [3.05, 3.63) is 18.2 Å². The Morgan fingerprint density at radius 1 is 1.24 bits per heavy atom. The normalized spacial score (nSPS) is 28.8. The van der Waals surface area contributed by atoms with Crippen molar-refractivity contribution in [3.63, 3.8) is 0 Å². The number of hydrogen-bond acceptors (Lipinski definition) is 3. The number of rotatable bonds is 3. The Balaban J connectivity index is 1.96. The van der Waals surface area contributed by atoms with Gasteiger partial charge in [-0.2, -0.15) is 4.98 Å². The summed E-state index contributed by atoms with van der Waals surface area (Å²) in [5.74, 6) is 3.18. The summed E-state index contributed by atoms with van der Waals surface area (Å²) in [6.45, 7) is 4.65. The van der Waals surface area contributed by atoms with Gasteiger partial charge in [-0.05, 0) is 37.2 Å². The average Bonchev–Trinajstić information content (AvgIpc) is 2.34. The average molecular weight is 234 g/mol. The van der Waals surface area contributed by atoms with Crippen molar-refractivity contribution in [2.75, 3.05) is 12.4 Å². The first-order valence-corrected chi connectivity index (χ1v) is 6.50. The summed E-state index contributed by atoms with van der Waals surface area (Å²) in [6.07, 6.45) is 3.89. The van der Waals surface area contributed by atoms with Gasteiger partial charge in [0.05, 0.1) is 0 Å². The standard InChI is InChI=1S/C14H22N2O/c1-10-7-8-12(9-11(10)2)17-14-6-4-5-13(15-3)16-14/h4-6,10-12H,7-9H2,1-3H3,(H,15,16). The number of ether oxygens (including phenoxy) is 1. The molecule has 0 amide bonds. The van der Waals surface area contributed by atoms with Crippen molar-refractivity contribution >= 4 is 5.82 Å². The molecule has 1 fully saturated rings. The van der Waals surface area contributed by atoms with Gasteiger partial charge in [-0.3, -0.25) is 0 Å². The summed E-state index contributed by atoms with van der Waals surface area (Å²) in [6, 6.07) is 5.85. The predicted molar refractivity (Wildman–Crippen MR) is 70.4 cm³/mol. The van der Waals surface area contributed by atoms with Crippen LogP contribution in [0.1, 0.15) is 33.1 Å². The minimum Gasteiger partial charge on any atom is -0.474 e. The van der Waals surface area contributed by atoms with Crippen LogP contribution < -0.4 is 10.1 Å². The molecule has 1 heterocycles. The summed E-state index contributed by atoms with van der Waals surface area (Å²) in [5, 5.41) is 3.03. The van der Waals surface area contributed by atoms with Gasteiger partial charge in [0.2, 0.25) is 5.88 Å². The van der Waals surface area contributed by atoms with Crippen molar-refractivity contribution in [2.24, 2.45) is 11.8 Å². The molecule has 0 spiro atoms. The minimum absolute atomic E-state index is 0.334. The molecule has 1 N–H and O–H groups in total. The number of aromatic nitrogens is 1. The van der Waals surface area contributed by atoms with E-state index in [0.29, 0.717) is 6.10 Å². The zero-order chi connectivity index (χ0) is 12.3. The number of pyridine rings is 1. The van der Waals surface area contributed by atoms with Gasteiger partial charge < -0.3 is 10.1 Å². The highest BCUT2D eigenvalue weighted by Crippen LogP contribution is 2.31. The quantitative estimate of drug-likeness (QED) is 0.871. The van der Waals surface area contributed by atoms with E-state index in [1.807, 2.05) is 25.2 Å². The zero-order valence-corrected chi connectivity index (χ0v) is 10.9. The summed E-state index contributed by atoms with van der Waals surface area (Å²) in [5.41, 5.74) is 0. The summed E-state index contributed by atoms with van der Waals surface area (Å²) in [7, 11) is 1.87. The first kappa shape index (κ1) is 12.2. The molecular formula is C14H22N2O. The Kier molecular flexibility index (Phi) is 3.87. The molecule has 3 unspecified atom stereocenters. The molecule has 1 aromatic rings. The highest BCUT2D eigenvalue weighted by Gasteiger charge is 2.25. The molecule has 2 rings (SSSR count). The third-order valence-electron chi connectivity index (χ3n) is 3.82. The lowest BCUT2D eigenvalue weighted by Gasteiger charge is -2.31. The Morgan fingerprint density at radius 3 is 2.76 bits per heavy atom. The second-order valence-corrected chi connectivity index (χ2v) is 5.12. The van der Waals surface area contributed by atoms with Crippen molar-refractivity contribution in [1.29, 1.82) is 0 Å². The van der Waals surface area contributed by atoms with E-state index in [-0.39, 0.29) is 0 Å². The van der Waals surface area contributed by atoms with Crippen LogP contribution in [0.3, 0.4) is 0 Å². The monoisotopic (exact) mass is 234 g/mol. The molecule has 1 saturated carbocycles. The molecule has 94 valence electrons. The first-order chi connectivity index (χ1) is 8.19. The van der Waals surface area contributed by atoms with Crippen molar-refractivity contribution < 1.29 is 4.74 Å². The highest BCUT2D eigenvalue weighted by atomic mass is 16.5. The maximum absolute atomic E-state index is 5.97. The maximum atomic E-state index is 5.97. The number of hydrogen-bond donors (Lipinski definition) is 1. The van der Waals surface area contributed by atoms with E-state index in [9.17, 15) is 0 Å². The van der Waals surface area contributed by atoms with E-state index in [1.165, 1.54) is 6.42 Å². The maximum Gasteiger partial charge on any atom is 0.215 e. The Labute approximate surface area is 104 Å². The van der Waals surface area contributed by atoms with Crippen LogP contribution in [0.4, 0.5) is 5.82 Å². The fourth-order valence-electron chi connectivity index (χ4n) is 2.40. The molecule has 0 saturated heterocycles. The van der Waals surface area contributed by atoms with Crippen LogP contribution in [0.2, 0.25) is 0 Å². The lowest BCUT2D eigenvalue weighted by atomic mass is 9.80. The van der Waals surface area contributed by atoms with E-state index >= 15 is 0 Å². The topological polar surface area (TPSA) is 34.1 Å². The molecule has 0 aliphatic heterocycles. The Morgan fingerprint density at radius 2 is 2.06 bits per heavy atom. The van der Waals surface area contributed by atoms with Gasteiger partial charge in [0, 0.05) is 13.1 Å². The molecule has 1 aliphatic rings. The third-order valence-corrected chi connectivity index (χ3v) is 3.82. The Hall–Kier alpha value is -1.25. The van der Waals surface area contributed by atoms with Crippen molar-refractivity contribution in [2.45, 2.75) is 39.2 Å². The number of nitrogens with one attached hydrogen (secondary N) is 1. The van der Waals surface area contributed by atoms with Crippen molar-refractivity contribution in [3.8, 4) is 5.88 Å². The van der Waals surface area contributed by atoms with E-state index in [2.05, 4.69) is 24.1 Å². The zero-order valence-electron chi connectivity index (χ0n) is 10.9. The minimum atomic E-state index is 0.334. The van der Waals surface area contributed by atoms with Gasteiger partial charge in [0.1, 0.15) is 11.9 Å². The Bertz CT molecular complexity index is 367. The lowest BCUT2D eigenvalue weighted by molar-refractivity contribution is 0.0966. The number of nitrogens with zero attached hydrogens (tertiary/aromatic N) is 1. The van der Waals surface area contributed by atoms with Crippen LogP contribution in [0, 0.1) is 11.8 Å². The van der Waals surface area contributed by atoms with E-state index in [0.717, 1.165) is 36.4 Å². The molecule has 3 heteroatoms. The van der Waals surface area contributed by atoms with E-state index < -0.39 is 0 Å². The molecule has 0 aromatic carbocycles. The molecule has 17 heavy (non-hydrogen) atoms. The van der Waals surface area contributed by atoms with Gasteiger partial charge in [-0.15, -0.1) is 0 Å². The molecule has 0 bridgehead atoms. The molecule has 1 aliphatic carbocycles. The molecular weight excluding hydrogens is 212 g/mol. The smallest absolute Gasteiger partial charge is 0.215 e. The lowest BCUT2D eigenvalue weighted by Crippen LogP contribution is -2.29. The molecule has 0 radical (unpaired) electrons. The molecule has 3 atom stereocenters. The first-order valence-electron chi connectivity index (χ1n) is 6.50. The summed E-state index contributed by atoms with van der Waals surface area (Å²) in [4.78, 5) is 4.40. The van der Waals surface area contributed by atoms with Crippen LogP contribution >= 0.6 is 0 Å². The second-order valence-electron chi connectivity index (χ2n) is 5.12. The van der Waals surface area contributed by atoms with Gasteiger partial charge >= 0.3 is 0 Å². The van der Waals surface area contributed by atoms with Crippen LogP contribution in [-0.2, 0) is 0 Å². The van der Waals surface area contributed by atoms with Gasteiger partial charge in [0.25, 0.3) is 0 Å². The summed E-state index contributed by atoms with van der Waals surface area (Å²) < 4.78 is 5.97. The predicted octanol–water partition coefficient (Wildman–Crippen LogP) is 3.33. The SMILES string of the molecule is CNc1cccc(OC2CCC(C)C(C)C2)n1. The van der Waals surface area contributed by atoms with Crippen LogP contribution in [0.15, 0.2) is 18.2 Å². The summed E-state index contributed by atoms with van der Waals surface area (Å²) >= 11 is 0. The van der Waals surface area contributed by atoms with E-state index in [4.69, 9.17) is 4.74 Å². The fourth-order valence-corrected chi connectivity index (χ4v) is 2.40. The fraction of sp³-hybridized carbons (Fsp3) is 0.643. The van der Waals surface area contributed by atoms with Gasteiger partial charge in [0.15, 0.2) is 0 Å². The van der Waals surface area contributed by atoms with Crippen molar-refractivity contribution in [1.82, 2.24) is 4.98 Å². The molecule has 1 aromatic heterocycles. The molecule has 3 nitrogen and oxygen atoms in total. The highest BCUT2D eigenvalue weighted by molar-refractivity contribution is 5.36. The van der Waals surface area contributed by atoms with E-state index in [1.54, 1.807) is 0 Å². The van der Waals surface area contributed by atoms with Crippen LogP contribution in [-0.4, -0.2) is 18.1 Å².